The first-order chi connectivity index (χ1) is 33.2. The predicted molar refractivity (Wildman–Crippen MR) is 281 cm³/mol. The highest BCUT2D eigenvalue weighted by atomic mass is 15.2. The van der Waals surface area contributed by atoms with Crippen molar-refractivity contribution in [3.63, 3.8) is 0 Å². The van der Waals surface area contributed by atoms with E-state index in [-0.39, 0.29) is 12.2 Å². The summed E-state index contributed by atoms with van der Waals surface area (Å²) in [5, 5.41) is 7.67. The van der Waals surface area contributed by atoms with Gasteiger partial charge in [-0.2, -0.15) is 0 Å². The molecule has 0 amide bonds. The SMILES string of the molecule is C1=C(c2ccc(-c3ccc(N(c4ccc(-c5ccccc5)cc4)c4ccc(-c5cccc(-c6ccccc6)c5)cc4)cc3)cc2)NC(c2ccccc2)NC1c1ccc(-c2ccccc2)cc1. The highest BCUT2D eigenvalue weighted by Gasteiger charge is 2.24. The van der Waals surface area contributed by atoms with Gasteiger partial charge >= 0.3 is 0 Å². The van der Waals surface area contributed by atoms with Gasteiger partial charge in [0, 0.05) is 22.8 Å². The van der Waals surface area contributed by atoms with Crippen LogP contribution in [0, 0.1) is 0 Å². The standard InChI is InChI=1S/C64H49N3/c1-5-14-46(15-6-1)49-24-28-54(29-25-49)62-45-63(66-64(65-62)56-20-11-4-12-21-56)55-30-26-50(27-31-55)52-34-40-60(41-35-52)67(59-38-32-51(33-39-59)47-16-7-2-8-17-47)61-42-36-53(37-43-61)58-23-13-22-57(44-58)48-18-9-3-10-19-48/h1-45,62,64-66H. The number of benzene rings is 10. The minimum Gasteiger partial charge on any atom is -0.366 e. The van der Waals surface area contributed by atoms with Crippen LogP contribution in [0.3, 0.4) is 0 Å². The molecule has 67 heavy (non-hydrogen) atoms. The van der Waals surface area contributed by atoms with E-state index in [1.165, 1.54) is 61.2 Å². The molecule has 0 aliphatic carbocycles. The van der Waals surface area contributed by atoms with E-state index >= 15 is 0 Å². The fourth-order valence-corrected chi connectivity index (χ4v) is 9.19. The lowest BCUT2D eigenvalue weighted by atomic mass is 9.95. The molecule has 3 nitrogen and oxygen atoms in total. The van der Waals surface area contributed by atoms with Crippen LogP contribution in [-0.4, -0.2) is 0 Å². The Labute approximate surface area is 394 Å². The maximum atomic E-state index is 3.86. The Morgan fingerprint density at radius 1 is 0.269 bits per heavy atom. The van der Waals surface area contributed by atoms with E-state index in [1.807, 2.05) is 0 Å². The zero-order valence-electron chi connectivity index (χ0n) is 37.1. The summed E-state index contributed by atoms with van der Waals surface area (Å²) in [5.74, 6) is 0. The van der Waals surface area contributed by atoms with Crippen molar-refractivity contribution in [2.75, 3.05) is 4.90 Å². The van der Waals surface area contributed by atoms with E-state index in [0.29, 0.717) is 0 Å². The smallest absolute Gasteiger partial charge is 0.104 e. The average molecular weight is 860 g/mol. The largest absolute Gasteiger partial charge is 0.366 e. The zero-order chi connectivity index (χ0) is 44.8. The minimum absolute atomic E-state index is 0.0259. The van der Waals surface area contributed by atoms with Gasteiger partial charge < -0.3 is 10.2 Å². The molecule has 3 heteroatoms. The Bertz CT molecular complexity index is 3220. The van der Waals surface area contributed by atoms with Crippen molar-refractivity contribution in [3.05, 3.63) is 290 Å². The van der Waals surface area contributed by atoms with E-state index in [2.05, 4.69) is 289 Å². The topological polar surface area (TPSA) is 27.3 Å². The fourth-order valence-electron chi connectivity index (χ4n) is 9.19. The molecule has 0 radical (unpaired) electrons. The minimum atomic E-state index is -0.0493. The molecule has 1 aliphatic heterocycles. The van der Waals surface area contributed by atoms with Crippen molar-refractivity contribution in [1.82, 2.24) is 10.6 Å². The molecule has 2 unspecified atom stereocenters. The van der Waals surface area contributed by atoms with E-state index in [1.54, 1.807) is 0 Å². The van der Waals surface area contributed by atoms with Gasteiger partial charge in [0.25, 0.3) is 0 Å². The van der Waals surface area contributed by atoms with Gasteiger partial charge in [-0.15, -0.1) is 0 Å². The summed E-state index contributed by atoms with van der Waals surface area (Å²) in [6, 6.07) is 95.8. The molecule has 0 aromatic heterocycles. The van der Waals surface area contributed by atoms with Gasteiger partial charge in [-0.25, -0.2) is 0 Å². The van der Waals surface area contributed by atoms with Crippen LogP contribution in [0.4, 0.5) is 17.1 Å². The highest BCUT2D eigenvalue weighted by Crippen LogP contribution is 2.39. The third-order valence-electron chi connectivity index (χ3n) is 12.8. The van der Waals surface area contributed by atoms with Crippen molar-refractivity contribution in [3.8, 4) is 55.6 Å². The first-order valence-corrected chi connectivity index (χ1v) is 23.1. The molecule has 0 saturated carbocycles. The Kier molecular flexibility index (Phi) is 11.6. The van der Waals surface area contributed by atoms with Crippen molar-refractivity contribution >= 4 is 22.8 Å². The molecular formula is C64H49N3. The summed E-state index contributed by atoms with van der Waals surface area (Å²) < 4.78 is 0. The van der Waals surface area contributed by atoms with Crippen LogP contribution in [0.25, 0.3) is 61.3 Å². The molecule has 1 aliphatic rings. The van der Waals surface area contributed by atoms with Gasteiger partial charge in [0.2, 0.25) is 0 Å². The van der Waals surface area contributed by atoms with Crippen LogP contribution in [0.5, 0.6) is 0 Å². The van der Waals surface area contributed by atoms with Crippen LogP contribution in [0.2, 0.25) is 0 Å². The number of hydrogen-bond donors (Lipinski definition) is 2. The molecule has 2 atom stereocenters. The third kappa shape index (κ3) is 9.10. The van der Waals surface area contributed by atoms with Gasteiger partial charge in [0.05, 0.1) is 6.04 Å². The molecule has 2 N–H and O–H groups in total. The lowest BCUT2D eigenvalue weighted by molar-refractivity contribution is 0.442. The lowest BCUT2D eigenvalue weighted by Gasteiger charge is -2.33. The molecule has 320 valence electrons. The number of rotatable bonds is 11. The zero-order valence-corrected chi connectivity index (χ0v) is 37.1. The Hall–Kier alpha value is -8.50. The molecule has 10 aromatic carbocycles. The van der Waals surface area contributed by atoms with Crippen molar-refractivity contribution in [1.29, 1.82) is 0 Å². The monoisotopic (exact) mass is 859 g/mol. The summed E-state index contributed by atoms with van der Waals surface area (Å²) in [5.41, 5.74) is 19.9. The Balaban J connectivity index is 0.875. The van der Waals surface area contributed by atoms with E-state index < -0.39 is 0 Å². The third-order valence-corrected chi connectivity index (χ3v) is 12.8. The van der Waals surface area contributed by atoms with E-state index in [4.69, 9.17) is 0 Å². The summed E-state index contributed by atoms with van der Waals surface area (Å²) in [6.07, 6.45) is 2.27. The summed E-state index contributed by atoms with van der Waals surface area (Å²) in [4.78, 5) is 2.34. The molecular weight excluding hydrogens is 811 g/mol. The molecule has 1 heterocycles. The fraction of sp³-hybridized carbons (Fsp3) is 0.0312. The molecule has 0 saturated heterocycles. The first kappa shape index (κ1) is 41.2. The second-order valence-electron chi connectivity index (χ2n) is 17.1. The summed E-state index contributed by atoms with van der Waals surface area (Å²) in [7, 11) is 0. The molecule has 0 bridgehead atoms. The normalized spacial score (nSPS) is 14.4. The summed E-state index contributed by atoms with van der Waals surface area (Å²) >= 11 is 0. The number of nitrogens with one attached hydrogen (secondary N) is 2. The quantitative estimate of drug-likeness (QED) is 0.136. The maximum absolute atomic E-state index is 3.86. The van der Waals surface area contributed by atoms with Gasteiger partial charge in [-0.1, -0.05) is 224 Å². The van der Waals surface area contributed by atoms with Crippen LogP contribution < -0.4 is 15.5 Å². The van der Waals surface area contributed by atoms with Crippen molar-refractivity contribution in [2.45, 2.75) is 12.2 Å². The molecule has 10 aromatic rings. The van der Waals surface area contributed by atoms with Gasteiger partial charge in [-0.05, 0) is 121 Å². The molecule has 0 spiro atoms. The van der Waals surface area contributed by atoms with Gasteiger partial charge in [-0.3, -0.25) is 5.32 Å². The van der Waals surface area contributed by atoms with E-state index in [9.17, 15) is 0 Å². The Morgan fingerprint density at radius 2 is 0.597 bits per heavy atom. The average Bonchev–Trinajstić information content (AvgIpc) is 3.42. The maximum Gasteiger partial charge on any atom is 0.104 e. The number of nitrogens with zero attached hydrogens (tertiary/aromatic N) is 1. The number of anilines is 3. The van der Waals surface area contributed by atoms with Gasteiger partial charge in [0.15, 0.2) is 0 Å². The van der Waals surface area contributed by atoms with Gasteiger partial charge in [0.1, 0.15) is 6.17 Å². The second-order valence-corrected chi connectivity index (χ2v) is 17.1. The van der Waals surface area contributed by atoms with Crippen LogP contribution >= 0.6 is 0 Å². The van der Waals surface area contributed by atoms with Crippen LogP contribution in [0.15, 0.2) is 273 Å². The number of hydrogen-bond acceptors (Lipinski definition) is 3. The van der Waals surface area contributed by atoms with Crippen LogP contribution in [0.1, 0.15) is 28.9 Å². The lowest BCUT2D eigenvalue weighted by Crippen LogP contribution is -2.39. The molecule has 11 rings (SSSR count). The van der Waals surface area contributed by atoms with Crippen molar-refractivity contribution in [2.24, 2.45) is 0 Å². The van der Waals surface area contributed by atoms with Crippen molar-refractivity contribution < 1.29 is 0 Å². The first-order valence-electron chi connectivity index (χ1n) is 23.1. The van der Waals surface area contributed by atoms with E-state index in [0.717, 1.165) is 33.9 Å². The predicted octanol–water partition coefficient (Wildman–Crippen LogP) is 16.5. The Morgan fingerprint density at radius 3 is 1.04 bits per heavy atom. The second kappa shape index (κ2) is 18.9. The van der Waals surface area contributed by atoms with Crippen LogP contribution in [-0.2, 0) is 0 Å². The molecule has 0 fully saturated rings. The summed E-state index contributed by atoms with van der Waals surface area (Å²) in [6.45, 7) is 0. The highest BCUT2D eigenvalue weighted by molar-refractivity contribution is 5.82.